The van der Waals surface area contributed by atoms with E-state index in [1.54, 1.807) is 17.0 Å². The number of hydrogen-bond acceptors (Lipinski definition) is 5. The molecule has 33 heavy (non-hydrogen) atoms. The number of amides is 1. The van der Waals surface area contributed by atoms with Gasteiger partial charge < -0.3 is 24.8 Å². The molecule has 2 bridgehead atoms. The van der Waals surface area contributed by atoms with Crippen LogP contribution in [0.3, 0.4) is 0 Å². The predicted octanol–water partition coefficient (Wildman–Crippen LogP) is 3.37. The fourth-order valence-corrected chi connectivity index (χ4v) is 4.45. The molecule has 174 valence electrons. The molecule has 0 aromatic heterocycles. The van der Waals surface area contributed by atoms with Crippen molar-refractivity contribution in [3.8, 4) is 11.5 Å². The number of carbonyl (C=O) groups excluding carboxylic acids is 1. The van der Waals surface area contributed by atoms with Crippen molar-refractivity contribution in [1.82, 2.24) is 10.2 Å². The first-order valence-electron chi connectivity index (χ1n) is 10.6. The molecular weight excluding hydrogens is 451 g/mol. The Morgan fingerprint density at radius 1 is 1.15 bits per heavy atom. The molecule has 7 nitrogen and oxygen atoms in total. The fourth-order valence-electron chi connectivity index (χ4n) is 4.28. The highest BCUT2D eigenvalue weighted by Gasteiger charge is 2.39. The van der Waals surface area contributed by atoms with Crippen molar-refractivity contribution in [3.63, 3.8) is 0 Å². The minimum atomic E-state index is -0.986. The third-order valence-corrected chi connectivity index (χ3v) is 6.10. The highest BCUT2D eigenvalue weighted by molar-refractivity contribution is 6.32. The SMILES string of the molecule is CC(=O)N1CC2CC(c3ccc(OCCOc4cc(F)ccc4Cl)cc3)=C(C(=O)O)[C@@H](C1)N2. The minimum Gasteiger partial charge on any atom is -0.490 e. The average molecular weight is 475 g/mol. The topological polar surface area (TPSA) is 88.1 Å². The molecule has 9 heteroatoms. The Balaban J connectivity index is 1.41. The van der Waals surface area contributed by atoms with E-state index in [2.05, 4.69) is 5.32 Å². The van der Waals surface area contributed by atoms with Crippen LogP contribution in [0, 0.1) is 5.82 Å². The normalized spacial score (nSPS) is 19.9. The molecule has 1 amide bonds. The molecule has 0 aliphatic carbocycles. The number of nitrogens with zero attached hydrogens (tertiary/aromatic N) is 1. The monoisotopic (exact) mass is 474 g/mol. The summed E-state index contributed by atoms with van der Waals surface area (Å²) in [5, 5.41) is 13.5. The van der Waals surface area contributed by atoms with Gasteiger partial charge in [0.05, 0.1) is 16.6 Å². The van der Waals surface area contributed by atoms with Gasteiger partial charge in [-0.1, -0.05) is 23.7 Å². The standard InChI is InChI=1S/C24H24ClFN2O5/c1-14(29)28-12-17-11-19(23(24(30)31)21(13-28)27-17)15-2-5-18(6-3-15)32-8-9-33-22-10-16(26)4-7-20(22)25/h2-7,10,17,21,27H,8-9,11-13H2,1H3,(H,30,31)/t17?,21-/m1/s1. The van der Waals surface area contributed by atoms with Gasteiger partial charge in [-0.3, -0.25) is 4.79 Å². The molecule has 1 saturated heterocycles. The molecular formula is C24H24ClFN2O5. The van der Waals surface area contributed by atoms with Gasteiger partial charge in [-0.2, -0.15) is 0 Å². The van der Waals surface area contributed by atoms with Crippen LogP contribution in [-0.2, 0) is 9.59 Å². The molecule has 0 saturated carbocycles. The molecule has 0 spiro atoms. The number of carboxylic acid groups (broad SMARTS) is 1. The second-order valence-electron chi connectivity index (χ2n) is 8.04. The van der Waals surface area contributed by atoms with Gasteiger partial charge in [-0.25, -0.2) is 9.18 Å². The summed E-state index contributed by atoms with van der Waals surface area (Å²) in [6, 6.07) is 10.7. The molecule has 2 aromatic carbocycles. The van der Waals surface area contributed by atoms with Gasteiger partial charge in [0.2, 0.25) is 5.91 Å². The summed E-state index contributed by atoms with van der Waals surface area (Å²) < 4.78 is 24.4. The smallest absolute Gasteiger partial charge is 0.333 e. The van der Waals surface area contributed by atoms with Gasteiger partial charge in [0.25, 0.3) is 0 Å². The molecule has 2 N–H and O–H groups in total. The van der Waals surface area contributed by atoms with E-state index < -0.39 is 17.8 Å². The number of piperazine rings is 1. The zero-order valence-corrected chi connectivity index (χ0v) is 18.8. The summed E-state index contributed by atoms with van der Waals surface area (Å²) in [5.41, 5.74) is 1.89. The van der Waals surface area contributed by atoms with E-state index in [9.17, 15) is 19.1 Å². The molecule has 0 radical (unpaired) electrons. The maximum absolute atomic E-state index is 13.3. The van der Waals surface area contributed by atoms with Crippen LogP contribution in [0.1, 0.15) is 18.9 Å². The summed E-state index contributed by atoms with van der Waals surface area (Å²) in [6.45, 7) is 2.81. The van der Waals surface area contributed by atoms with Crippen LogP contribution in [0.25, 0.3) is 5.57 Å². The number of fused-ring (bicyclic) bond motifs is 2. The van der Waals surface area contributed by atoms with Crippen LogP contribution in [0.5, 0.6) is 11.5 Å². The van der Waals surface area contributed by atoms with Crippen LogP contribution in [-0.4, -0.2) is 60.3 Å². The Morgan fingerprint density at radius 3 is 2.58 bits per heavy atom. The molecule has 2 heterocycles. The van der Waals surface area contributed by atoms with E-state index in [4.69, 9.17) is 21.1 Å². The number of nitrogens with one attached hydrogen (secondary N) is 1. The predicted molar refractivity (Wildman–Crippen MR) is 121 cm³/mol. The quantitative estimate of drug-likeness (QED) is 0.598. The summed E-state index contributed by atoms with van der Waals surface area (Å²) in [4.78, 5) is 25.5. The van der Waals surface area contributed by atoms with E-state index in [0.29, 0.717) is 35.9 Å². The van der Waals surface area contributed by atoms with Crippen LogP contribution in [0.2, 0.25) is 5.02 Å². The van der Waals surface area contributed by atoms with E-state index >= 15 is 0 Å². The average Bonchev–Trinajstić information content (AvgIpc) is 2.78. The number of benzene rings is 2. The van der Waals surface area contributed by atoms with Gasteiger partial charge in [-0.05, 0) is 41.8 Å². The molecule has 2 atom stereocenters. The van der Waals surface area contributed by atoms with Gasteiger partial charge in [0, 0.05) is 32.1 Å². The largest absolute Gasteiger partial charge is 0.490 e. The maximum atomic E-state index is 13.3. The number of aliphatic carboxylic acids is 1. The lowest BCUT2D eigenvalue weighted by molar-refractivity contribution is -0.135. The van der Waals surface area contributed by atoms with Crippen LogP contribution < -0.4 is 14.8 Å². The molecule has 2 aliphatic heterocycles. The Bertz CT molecular complexity index is 1090. The second kappa shape index (κ2) is 9.80. The lowest BCUT2D eigenvalue weighted by Gasteiger charge is -2.43. The van der Waals surface area contributed by atoms with Gasteiger partial charge >= 0.3 is 5.97 Å². The maximum Gasteiger partial charge on any atom is 0.333 e. The van der Waals surface area contributed by atoms with Crippen molar-refractivity contribution >= 4 is 29.1 Å². The zero-order valence-electron chi connectivity index (χ0n) is 18.0. The van der Waals surface area contributed by atoms with Crippen molar-refractivity contribution in [3.05, 3.63) is 64.4 Å². The fraction of sp³-hybridized carbons (Fsp3) is 0.333. The van der Waals surface area contributed by atoms with Gasteiger partial charge in [0.1, 0.15) is 30.5 Å². The van der Waals surface area contributed by atoms with Crippen molar-refractivity contribution in [2.75, 3.05) is 26.3 Å². The number of rotatable bonds is 7. The number of halogens is 2. The highest BCUT2D eigenvalue weighted by Crippen LogP contribution is 2.34. The van der Waals surface area contributed by atoms with Crippen molar-refractivity contribution in [2.24, 2.45) is 0 Å². The van der Waals surface area contributed by atoms with Gasteiger partial charge in [0.15, 0.2) is 0 Å². The summed E-state index contributed by atoms with van der Waals surface area (Å²) in [5.74, 6) is -0.618. The zero-order chi connectivity index (χ0) is 23.5. The number of ether oxygens (including phenoxy) is 2. The van der Waals surface area contributed by atoms with Crippen molar-refractivity contribution in [1.29, 1.82) is 0 Å². The first kappa shape index (κ1) is 23.1. The summed E-state index contributed by atoms with van der Waals surface area (Å²) >= 11 is 5.97. The van der Waals surface area contributed by atoms with Crippen LogP contribution in [0.15, 0.2) is 48.0 Å². The molecule has 2 aliphatic rings. The Morgan fingerprint density at radius 2 is 1.88 bits per heavy atom. The Labute approximate surface area is 195 Å². The third kappa shape index (κ3) is 5.29. The first-order chi connectivity index (χ1) is 15.8. The van der Waals surface area contributed by atoms with E-state index in [1.807, 2.05) is 12.1 Å². The molecule has 1 unspecified atom stereocenters. The number of carboxylic acids is 1. The lowest BCUT2D eigenvalue weighted by Crippen LogP contribution is -2.61. The highest BCUT2D eigenvalue weighted by atomic mass is 35.5. The van der Waals surface area contributed by atoms with Crippen LogP contribution >= 0.6 is 11.6 Å². The molecule has 2 aromatic rings. The second-order valence-corrected chi connectivity index (χ2v) is 8.44. The molecule has 1 fully saturated rings. The Hall–Kier alpha value is -3.10. The van der Waals surface area contributed by atoms with Crippen molar-refractivity contribution in [2.45, 2.75) is 25.4 Å². The lowest BCUT2D eigenvalue weighted by atomic mass is 9.83. The third-order valence-electron chi connectivity index (χ3n) is 5.79. The first-order valence-corrected chi connectivity index (χ1v) is 11.0. The van der Waals surface area contributed by atoms with Gasteiger partial charge in [-0.15, -0.1) is 0 Å². The summed E-state index contributed by atoms with van der Waals surface area (Å²) in [7, 11) is 0. The number of carbonyl (C=O) groups is 2. The Kier molecular flexibility index (Phi) is 6.85. The summed E-state index contributed by atoms with van der Waals surface area (Å²) in [6.07, 6.45) is 0.518. The minimum absolute atomic E-state index is 0.00785. The van der Waals surface area contributed by atoms with Crippen molar-refractivity contribution < 1.29 is 28.6 Å². The van der Waals surface area contributed by atoms with Crippen LogP contribution in [0.4, 0.5) is 4.39 Å². The molecule has 4 rings (SSSR count). The van der Waals surface area contributed by atoms with E-state index in [1.165, 1.54) is 25.1 Å². The number of hydrogen-bond donors (Lipinski definition) is 2. The van der Waals surface area contributed by atoms with E-state index in [-0.39, 0.29) is 30.9 Å². The van der Waals surface area contributed by atoms with E-state index in [0.717, 1.165) is 11.1 Å².